The van der Waals surface area contributed by atoms with Gasteiger partial charge in [0.1, 0.15) is 5.82 Å². The van der Waals surface area contributed by atoms with Gasteiger partial charge in [-0.15, -0.1) is 0 Å². The van der Waals surface area contributed by atoms with Crippen molar-refractivity contribution in [1.29, 1.82) is 0 Å². The zero-order valence-electron chi connectivity index (χ0n) is 17.2. The minimum Gasteiger partial charge on any atom is -0.465 e. The molecule has 0 radical (unpaired) electrons. The lowest BCUT2D eigenvalue weighted by Gasteiger charge is -2.38. The van der Waals surface area contributed by atoms with E-state index in [0.29, 0.717) is 36.2 Å². The second-order valence-electron chi connectivity index (χ2n) is 7.66. The van der Waals surface area contributed by atoms with Crippen molar-refractivity contribution < 1.29 is 36.2 Å². The van der Waals surface area contributed by atoms with Crippen molar-refractivity contribution in [2.24, 2.45) is 0 Å². The van der Waals surface area contributed by atoms with Gasteiger partial charge in [0.05, 0.1) is 11.1 Å². The minimum absolute atomic E-state index is 0.0873. The van der Waals surface area contributed by atoms with Gasteiger partial charge < -0.3 is 10.4 Å². The van der Waals surface area contributed by atoms with Crippen LogP contribution in [0.3, 0.4) is 0 Å². The van der Waals surface area contributed by atoms with Crippen LogP contribution in [0.15, 0.2) is 30.3 Å². The van der Waals surface area contributed by atoms with E-state index in [2.05, 4.69) is 10.3 Å². The fraction of sp³-hybridized carbons (Fsp3) is 0.429. The Hall–Kier alpha value is -2.82. The van der Waals surface area contributed by atoms with E-state index in [1.807, 2.05) is 0 Å². The van der Waals surface area contributed by atoms with Crippen LogP contribution in [0.2, 0.25) is 0 Å². The number of fused-ring (bicyclic) bond motifs is 1. The minimum atomic E-state index is -4.93. The molecule has 174 valence electrons. The van der Waals surface area contributed by atoms with Gasteiger partial charge in [0, 0.05) is 29.9 Å². The first-order valence-corrected chi connectivity index (χ1v) is 9.82. The molecular formula is C21H21F6N3O2. The first-order chi connectivity index (χ1) is 14.8. The highest BCUT2D eigenvalue weighted by Gasteiger charge is 2.38. The summed E-state index contributed by atoms with van der Waals surface area (Å²) in [6.07, 6.45) is -10.3. The summed E-state index contributed by atoms with van der Waals surface area (Å²) in [5.74, 6) is 0.216. The fourth-order valence-corrected chi connectivity index (χ4v) is 3.85. The summed E-state index contributed by atoms with van der Waals surface area (Å²) in [4.78, 5) is 17.3. The molecule has 0 saturated carbocycles. The van der Waals surface area contributed by atoms with E-state index in [1.165, 1.54) is 0 Å². The Balaban J connectivity index is 1.94. The molecule has 0 fully saturated rings. The van der Waals surface area contributed by atoms with Crippen molar-refractivity contribution >= 4 is 11.9 Å². The molecule has 32 heavy (non-hydrogen) atoms. The molecule has 0 bridgehead atoms. The van der Waals surface area contributed by atoms with Crippen molar-refractivity contribution in [2.45, 2.75) is 57.7 Å². The molecule has 0 saturated heterocycles. The number of anilines is 1. The van der Waals surface area contributed by atoms with Crippen LogP contribution in [0.25, 0.3) is 0 Å². The monoisotopic (exact) mass is 461 g/mol. The molecule has 0 spiro atoms. The second kappa shape index (κ2) is 8.61. The third-order valence-electron chi connectivity index (χ3n) is 5.40. The number of hydrogen-bond acceptors (Lipinski definition) is 3. The summed E-state index contributed by atoms with van der Waals surface area (Å²) >= 11 is 0. The lowest BCUT2D eigenvalue weighted by molar-refractivity contribution is -0.143. The number of aryl methyl sites for hydroxylation is 1. The predicted molar refractivity (Wildman–Crippen MR) is 104 cm³/mol. The van der Waals surface area contributed by atoms with Crippen molar-refractivity contribution in [2.75, 3.05) is 4.90 Å². The number of halogens is 6. The van der Waals surface area contributed by atoms with E-state index in [1.54, 1.807) is 26.0 Å². The molecule has 3 rings (SSSR count). The normalized spacial score (nSPS) is 19.1. The Kier molecular flexibility index (Phi) is 6.41. The number of benzene rings is 1. The Morgan fingerprint density at radius 1 is 1.12 bits per heavy atom. The lowest BCUT2D eigenvalue weighted by Crippen LogP contribution is -2.46. The number of nitrogens with zero attached hydrogens (tertiary/aromatic N) is 2. The van der Waals surface area contributed by atoms with Gasteiger partial charge in [0.2, 0.25) is 0 Å². The Labute approximate surface area is 180 Å². The van der Waals surface area contributed by atoms with Crippen LogP contribution in [0.4, 0.5) is 37.0 Å². The van der Waals surface area contributed by atoms with E-state index in [0.717, 1.165) is 4.90 Å². The molecule has 2 heterocycles. The average molecular weight is 461 g/mol. The molecule has 2 N–H and O–H groups in total. The topological polar surface area (TPSA) is 65.5 Å². The Bertz CT molecular complexity index is 974. The molecule has 1 amide bonds. The number of amides is 1. The second-order valence-corrected chi connectivity index (χ2v) is 7.66. The van der Waals surface area contributed by atoms with Crippen molar-refractivity contribution in [1.82, 2.24) is 10.3 Å². The SMILES string of the molecule is CCC1CC(NCc2cc(C(F)(F)F)cc(C(F)(F)F)c2)c2ccc(C)nc2N1C(=O)O. The summed E-state index contributed by atoms with van der Waals surface area (Å²) in [6, 6.07) is 3.85. The zero-order chi connectivity index (χ0) is 23.8. The molecule has 5 nitrogen and oxygen atoms in total. The number of carboxylic acid groups (broad SMARTS) is 1. The predicted octanol–water partition coefficient (Wildman–Crippen LogP) is 5.93. The van der Waals surface area contributed by atoms with Crippen LogP contribution < -0.4 is 10.2 Å². The molecule has 1 aromatic heterocycles. The van der Waals surface area contributed by atoms with Crippen LogP contribution in [0.1, 0.15) is 53.8 Å². The van der Waals surface area contributed by atoms with Crippen LogP contribution >= 0.6 is 0 Å². The summed E-state index contributed by atoms with van der Waals surface area (Å²) in [5.41, 5.74) is -1.84. The molecule has 1 aliphatic rings. The van der Waals surface area contributed by atoms with Gasteiger partial charge in [-0.3, -0.25) is 4.90 Å². The number of hydrogen-bond donors (Lipinski definition) is 2. The zero-order valence-corrected chi connectivity index (χ0v) is 17.2. The quantitative estimate of drug-likeness (QED) is 0.555. The first kappa shape index (κ1) is 23.8. The number of rotatable bonds is 4. The van der Waals surface area contributed by atoms with E-state index < -0.39 is 41.7 Å². The molecule has 0 aliphatic carbocycles. The van der Waals surface area contributed by atoms with Gasteiger partial charge in [-0.25, -0.2) is 9.78 Å². The van der Waals surface area contributed by atoms with Crippen molar-refractivity contribution in [3.8, 4) is 0 Å². The van der Waals surface area contributed by atoms with E-state index in [-0.39, 0.29) is 24.0 Å². The molecule has 2 unspecified atom stereocenters. The number of carbonyl (C=O) groups is 1. The van der Waals surface area contributed by atoms with E-state index >= 15 is 0 Å². The smallest absolute Gasteiger partial charge is 0.416 e. The summed E-state index contributed by atoms with van der Waals surface area (Å²) in [6.45, 7) is 3.22. The highest BCUT2D eigenvalue weighted by molar-refractivity contribution is 5.87. The van der Waals surface area contributed by atoms with Crippen molar-refractivity contribution in [3.05, 3.63) is 58.3 Å². The van der Waals surface area contributed by atoms with E-state index in [4.69, 9.17) is 0 Å². The summed E-state index contributed by atoms with van der Waals surface area (Å²) in [5, 5.41) is 12.6. The van der Waals surface area contributed by atoms with Gasteiger partial charge in [-0.1, -0.05) is 13.0 Å². The maximum absolute atomic E-state index is 13.1. The third kappa shape index (κ3) is 4.98. The number of pyridine rings is 1. The maximum Gasteiger partial charge on any atom is 0.416 e. The lowest BCUT2D eigenvalue weighted by atomic mass is 9.91. The molecule has 1 aromatic carbocycles. The Morgan fingerprint density at radius 3 is 2.22 bits per heavy atom. The summed E-state index contributed by atoms with van der Waals surface area (Å²) < 4.78 is 78.7. The standard InChI is InChI=1S/C21H21F6N3O2/c1-3-15-9-17(16-5-4-11(2)29-18(16)30(15)19(31)32)28-10-12-6-13(20(22,23)24)8-14(7-12)21(25,26)27/h4-8,15,17,28H,3,9-10H2,1-2H3,(H,31,32). The van der Waals surface area contributed by atoms with Crippen molar-refractivity contribution in [3.63, 3.8) is 0 Å². The molecule has 1 aliphatic heterocycles. The van der Waals surface area contributed by atoms with Gasteiger partial charge in [-0.2, -0.15) is 26.3 Å². The molecular weight excluding hydrogens is 440 g/mol. The third-order valence-corrected chi connectivity index (χ3v) is 5.40. The first-order valence-electron chi connectivity index (χ1n) is 9.82. The fourth-order valence-electron chi connectivity index (χ4n) is 3.85. The van der Waals surface area contributed by atoms with Crippen LogP contribution in [0.5, 0.6) is 0 Å². The van der Waals surface area contributed by atoms with Gasteiger partial charge in [0.25, 0.3) is 0 Å². The average Bonchev–Trinajstić information content (AvgIpc) is 2.69. The largest absolute Gasteiger partial charge is 0.465 e. The highest BCUT2D eigenvalue weighted by Crippen LogP contribution is 2.39. The molecule has 11 heteroatoms. The molecule has 2 atom stereocenters. The van der Waals surface area contributed by atoms with E-state index in [9.17, 15) is 36.2 Å². The molecule has 2 aromatic rings. The van der Waals surface area contributed by atoms with Gasteiger partial charge in [0.15, 0.2) is 0 Å². The van der Waals surface area contributed by atoms with Crippen LogP contribution in [-0.4, -0.2) is 22.2 Å². The van der Waals surface area contributed by atoms with Crippen LogP contribution in [0, 0.1) is 6.92 Å². The number of nitrogens with one attached hydrogen (secondary N) is 1. The van der Waals surface area contributed by atoms with Crippen LogP contribution in [-0.2, 0) is 18.9 Å². The Morgan fingerprint density at radius 2 is 1.72 bits per heavy atom. The maximum atomic E-state index is 13.1. The number of alkyl halides is 6. The van der Waals surface area contributed by atoms with Gasteiger partial charge >= 0.3 is 18.4 Å². The number of aromatic nitrogens is 1. The summed E-state index contributed by atoms with van der Waals surface area (Å²) in [7, 11) is 0. The van der Waals surface area contributed by atoms with Gasteiger partial charge in [-0.05, 0) is 49.6 Å². The highest BCUT2D eigenvalue weighted by atomic mass is 19.4.